The first-order valence-corrected chi connectivity index (χ1v) is 8.44. The first-order valence-electron chi connectivity index (χ1n) is 8.44. The summed E-state index contributed by atoms with van der Waals surface area (Å²) in [5, 5.41) is 8.17. The number of hydrogen-bond acceptors (Lipinski definition) is 0. The van der Waals surface area contributed by atoms with E-state index in [-0.39, 0.29) is 0 Å². The summed E-state index contributed by atoms with van der Waals surface area (Å²) >= 11 is 0. The standard InChI is InChI=1S/C22H21/c1-2-3-4-5-7-16-14-19-12-10-17-8-6-9-18-11-13-20(15-16)22(19)21(17)18/h8-15H,2-5,7H2,1H3. The molecule has 0 spiro atoms. The van der Waals surface area contributed by atoms with Gasteiger partial charge in [-0.25, -0.2) is 0 Å². The number of hydrogen-bond donors (Lipinski definition) is 0. The molecule has 0 aliphatic carbocycles. The molecule has 22 heavy (non-hydrogen) atoms. The molecular weight excluding hydrogens is 264 g/mol. The van der Waals surface area contributed by atoms with Gasteiger partial charge in [0.05, 0.1) is 0 Å². The van der Waals surface area contributed by atoms with Gasteiger partial charge in [-0.3, -0.25) is 0 Å². The van der Waals surface area contributed by atoms with E-state index in [0.717, 1.165) is 0 Å². The molecule has 0 fully saturated rings. The Kier molecular flexibility index (Phi) is 3.46. The van der Waals surface area contributed by atoms with E-state index in [1.165, 1.54) is 70.0 Å². The van der Waals surface area contributed by atoms with Crippen molar-refractivity contribution in [1.82, 2.24) is 0 Å². The van der Waals surface area contributed by atoms with Crippen LogP contribution in [0.3, 0.4) is 0 Å². The average Bonchev–Trinajstić information content (AvgIpc) is 2.56. The van der Waals surface area contributed by atoms with Crippen molar-refractivity contribution >= 4 is 32.3 Å². The van der Waals surface area contributed by atoms with Crippen LogP contribution in [0.25, 0.3) is 32.3 Å². The zero-order chi connectivity index (χ0) is 14.9. The van der Waals surface area contributed by atoms with Crippen molar-refractivity contribution in [3.05, 3.63) is 60.2 Å². The fourth-order valence-electron chi connectivity index (χ4n) is 3.65. The van der Waals surface area contributed by atoms with Gasteiger partial charge in [0.25, 0.3) is 0 Å². The second-order valence-electron chi connectivity index (χ2n) is 6.37. The summed E-state index contributed by atoms with van der Waals surface area (Å²) in [6.45, 7) is 2.27. The minimum absolute atomic E-state index is 1.20. The number of benzene rings is 4. The normalized spacial score (nSPS) is 11.9. The van der Waals surface area contributed by atoms with E-state index in [1.54, 1.807) is 0 Å². The third kappa shape index (κ3) is 2.23. The van der Waals surface area contributed by atoms with Crippen molar-refractivity contribution in [2.45, 2.75) is 39.0 Å². The number of aryl methyl sites for hydroxylation is 1. The predicted octanol–water partition coefficient (Wildman–Crippen LogP) is 6.51. The highest BCUT2D eigenvalue weighted by Gasteiger charge is 2.08. The van der Waals surface area contributed by atoms with Gasteiger partial charge in [0.15, 0.2) is 0 Å². The Hall–Kier alpha value is -2.08. The Morgan fingerprint density at radius 1 is 0.727 bits per heavy atom. The van der Waals surface area contributed by atoms with E-state index in [1.807, 2.05) is 0 Å². The van der Waals surface area contributed by atoms with Crippen LogP contribution in [0.5, 0.6) is 0 Å². The Bertz CT molecular complexity index is 853. The summed E-state index contributed by atoms with van der Waals surface area (Å²) in [6.07, 6.45) is 6.50. The van der Waals surface area contributed by atoms with Crippen molar-refractivity contribution in [3.63, 3.8) is 0 Å². The van der Waals surface area contributed by atoms with Crippen LogP contribution in [-0.2, 0) is 6.42 Å². The number of rotatable bonds is 5. The van der Waals surface area contributed by atoms with Gasteiger partial charge in [0.2, 0.25) is 0 Å². The van der Waals surface area contributed by atoms with Gasteiger partial charge in [0.1, 0.15) is 0 Å². The highest BCUT2D eigenvalue weighted by molar-refractivity contribution is 6.22. The molecule has 1 radical (unpaired) electrons. The lowest BCUT2D eigenvalue weighted by atomic mass is 9.92. The van der Waals surface area contributed by atoms with E-state index in [4.69, 9.17) is 0 Å². The van der Waals surface area contributed by atoms with Crippen molar-refractivity contribution in [3.8, 4) is 0 Å². The molecule has 109 valence electrons. The SMILES string of the molecule is CCCCCCc1cc2ccc3c[c]cc4ccc(c1)c2c34. The maximum Gasteiger partial charge on any atom is -0.00264 e. The quantitative estimate of drug-likeness (QED) is 0.290. The van der Waals surface area contributed by atoms with Gasteiger partial charge >= 0.3 is 0 Å². The Balaban J connectivity index is 1.83. The van der Waals surface area contributed by atoms with Gasteiger partial charge in [-0.15, -0.1) is 0 Å². The van der Waals surface area contributed by atoms with Crippen LogP contribution in [0.2, 0.25) is 0 Å². The third-order valence-electron chi connectivity index (χ3n) is 4.77. The molecule has 0 aliphatic rings. The van der Waals surface area contributed by atoms with Crippen LogP contribution >= 0.6 is 0 Å². The van der Waals surface area contributed by atoms with E-state index in [9.17, 15) is 0 Å². The molecule has 0 unspecified atom stereocenters. The molecule has 4 aromatic rings. The zero-order valence-corrected chi connectivity index (χ0v) is 13.2. The zero-order valence-electron chi connectivity index (χ0n) is 13.2. The third-order valence-corrected chi connectivity index (χ3v) is 4.77. The van der Waals surface area contributed by atoms with Crippen LogP contribution in [0.4, 0.5) is 0 Å². The summed E-state index contributed by atoms with van der Waals surface area (Å²) in [5.41, 5.74) is 1.48. The summed E-state index contributed by atoms with van der Waals surface area (Å²) in [4.78, 5) is 0. The maximum atomic E-state index is 3.25. The van der Waals surface area contributed by atoms with Crippen LogP contribution in [0.15, 0.2) is 48.5 Å². The van der Waals surface area contributed by atoms with Crippen molar-refractivity contribution in [2.75, 3.05) is 0 Å². The predicted molar refractivity (Wildman–Crippen MR) is 96.8 cm³/mol. The largest absolute Gasteiger partial charge is 0.0654 e. The van der Waals surface area contributed by atoms with E-state index >= 15 is 0 Å². The molecule has 0 nitrogen and oxygen atoms in total. The highest BCUT2D eigenvalue weighted by atomic mass is 14.1. The topological polar surface area (TPSA) is 0 Å². The van der Waals surface area contributed by atoms with Gasteiger partial charge < -0.3 is 0 Å². The van der Waals surface area contributed by atoms with E-state index in [0.29, 0.717) is 0 Å². The molecule has 4 aromatic carbocycles. The summed E-state index contributed by atoms with van der Waals surface area (Å²) in [6, 6.07) is 21.2. The Morgan fingerprint density at radius 3 is 1.95 bits per heavy atom. The second kappa shape index (κ2) is 5.61. The second-order valence-corrected chi connectivity index (χ2v) is 6.37. The molecule has 0 atom stereocenters. The molecule has 0 saturated carbocycles. The van der Waals surface area contributed by atoms with Crippen LogP contribution < -0.4 is 0 Å². The lowest BCUT2D eigenvalue weighted by Crippen LogP contribution is -1.89. The molecule has 0 saturated heterocycles. The van der Waals surface area contributed by atoms with Crippen LogP contribution in [0, 0.1) is 6.07 Å². The first kappa shape index (κ1) is 13.6. The molecule has 0 heterocycles. The lowest BCUT2D eigenvalue weighted by Gasteiger charge is -2.12. The lowest BCUT2D eigenvalue weighted by molar-refractivity contribution is 0.667. The van der Waals surface area contributed by atoms with Crippen LogP contribution in [-0.4, -0.2) is 0 Å². The molecule has 0 aliphatic heterocycles. The molecule has 0 heteroatoms. The smallest absolute Gasteiger partial charge is 0.00264 e. The fourth-order valence-corrected chi connectivity index (χ4v) is 3.65. The molecule has 0 bridgehead atoms. The fraction of sp³-hybridized carbons (Fsp3) is 0.273. The summed E-state index contributed by atoms with van der Waals surface area (Å²) in [7, 11) is 0. The average molecular weight is 285 g/mol. The minimum atomic E-state index is 1.20. The Morgan fingerprint density at radius 2 is 1.32 bits per heavy atom. The monoisotopic (exact) mass is 285 g/mol. The molecule has 0 aromatic heterocycles. The van der Waals surface area contributed by atoms with Gasteiger partial charge in [-0.2, -0.15) is 0 Å². The van der Waals surface area contributed by atoms with Gasteiger partial charge in [0, 0.05) is 0 Å². The first-order chi connectivity index (χ1) is 10.9. The van der Waals surface area contributed by atoms with E-state index in [2.05, 4.69) is 61.5 Å². The highest BCUT2D eigenvalue weighted by Crippen LogP contribution is 2.35. The van der Waals surface area contributed by atoms with Gasteiger partial charge in [-0.05, 0) is 68.9 Å². The molecule has 0 N–H and O–H groups in total. The molecule has 4 rings (SSSR count). The maximum absolute atomic E-state index is 3.25. The summed E-state index contributed by atoms with van der Waals surface area (Å²) in [5.74, 6) is 0. The van der Waals surface area contributed by atoms with Gasteiger partial charge in [-0.1, -0.05) is 62.6 Å². The van der Waals surface area contributed by atoms with E-state index < -0.39 is 0 Å². The van der Waals surface area contributed by atoms with Crippen LogP contribution in [0.1, 0.15) is 38.2 Å². The van der Waals surface area contributed by atoms with Crippen molar-refractivity contribution in [1.29, 1.82) is 0 Å². The molecular formula is C22H21. The molecule has 0 amide bonds. The van der Waals surface area contributed by atoms with Crippen molar-refractivity contribution in [2.24, 2.45) is 0 Å². The van der Waals surface area contributed by atoms with Crippen molar-refractivity contribution < 1.29 is 0 Å². The Labute approximate surface area is 132 Å². The summed E-state index contributed by atoms with van der Waals surface area (Å²) < 4.78 is 0. The number of unbranched alkanes of at least 4 members (excludes halogenated alkanes) is 3. The minimum Gasteiger partial charge on any atom is -0.0654 e.